The van der Waals surface area contributed by atoms with Crippen LogP contribution in [0.1, 0.15) is 47.3 Å². The topological polar surface area (TPSA) is 41.1 Å². The molecule has 0 bridgehead atoms. The first-order valence-electron chi connectivity index (χ1n) is 6.90. The molecule has 19 heavy (non-hydrogen) atoms. The number of carbonyl (C=O) groups excluding carboxylic acids is 1. The van der Waals surface area contributed by atoms with Crippen LogP contribution in [0.3, 0.4) is 0 Å². The maximum absolute atomic E-state index is 12.3. The van der Waals surface area contributed by atoms with E-state index in [1.807, 2.05) is 13.0 Å². The third-order valence-electron chi connectivity index (χ3n) is 4.36. The summed E-state index contributed by atoms with van der Waals surface area (Å²) < 4.78 is 1.05. The second-order valence-corrected chi connectivity index (χ2v) is 8.16. The van der Waals surface area contributed by atoms with Crippen LogP contribution in [0.25, 0.3) is 0 Å². The van der Waals surface area contributed by atoms with Crippen molar-refractivity contribution in [1.29, 1.82) is 0 Å². The second kappa shape index (κ2) is 5.19. The molecular weight excluding hydrogens is 324 g/mol. The standard InChI is InChI=1S/C14H19BrN2OS/c1-9-7-11(19-12(9)15)13(18)17-10-3-6-16-14(8-10)4-2-5-14/h7,10,16H,2-6,8H2,1H3,(H,17,18). The van der Waals surface area contributed by atoms with Crippen LogP contribution in [0.5, 0.6) is 0 Å². The van der Waals surface area contributed by atoms with Crippen molar-refractivity contribution >= 4 is 33.2 Å². The zero-order valence-electron chi connectivity index (χ0n) is 11.1. The molecular formula is C14H19BrN2OS. The van der Waals surface area contributed by atoms with E-state index >= 15 is 0 Å². The van der Waals surface area contributed by atoms with E-state index in [0.29, 0.717) is 11.6 Å². The van der Waals surface area contributed by atoms with Crippen molar-refractivity contribution < 1.29 is 4.79 Å². The third kappa shape index (κ3) is 2.73. The quantitative estimate of drug-likeness (QED) is 0.866. The van der Waals surface area contributed by atoms with Gasteiger partial charge in [0.25, 0.3) is 5.91 Å². The smallest absolute Gasteiger partial charge is 0.261 e. The fourth-order valence-electron chi connectivity index (χ4n) is 3.09. The van der Waals surface area contributed by atoms with Crippen molar-refractivity contribution in [2.75, 3.05) is 6.54 Å². The number of hydrogen-bond donors (Lipinski definition) is 2. The minimum absolute atomic E-state index is 0.0835. The lowest BCUT2D eigenvalue weighted by Gasteiger charge is -2.48. The predicted molar refractivity (Wildman–Crippen MR) is 81.8 cm³/mol. The summed E-state index contributed by atoms with van der Waals surface area (Å²) in [6.07, 6.45) is 5.99. The summed E-state index contributed by atoms with van der Waals surface area (Å²) in [5, 5.41) is 6.84. The highest BCUT2D eigenvalue weighted by Crippen LogP contribution is 2.38. The molecule has 104 valence electrons. The van der Waals surface area contributed by atoms with Crippen LogP contribution in [0.2, 0.25) is 0 Å². The number of halogens is 1. The number of hydrogen-bond acceptors (Lipinski definition) is 3. The van der Waals surface area contributed by atoms with Gasteiger partial charge in [0.2, 0.25) is 0 Å². The van der Waals surface area contributed by atoms with Gasteiger partial charge in [-0.3, -0.25) is 4.79 Å². The van der Waals surface area contributed by atoms with Crippen molar-refractivity contribution in [3.05, 3.63) is 20.3 Å². The Morgan fingerprint density at radius 1 is 1.58 bits per heavy atom. The minimum atomic E-state index is 0.0835. The first kappa shape index (κ1) is 13.6. The SMILES string of the molecule is Cc1cc(C(=O)NC2CCNC3(CCC3)C2)sc1Br. The molecule has 1 saturated heterocycles. The van der Waals surface area contributed by atoms with Gasteiger partial charge in [0.15, 0.2) is 0 Å². The third-order valence-corrected chi connectivity index (χ3v) is 6.49. The van der Waals surface area contributed by atoms with E-state index < -0.39 is 0 Å². The predicted octanol–water partition coefficient (Wildman–Crippen LogP) is 3.22. The monoisotopic (exact) mass is 342 g/mol. The van der Waals surface area contributed by atoms with Crippen LogP contribution in [0.4, 0.5) is 0 Å². The van der Waals surface area contributed by atoms with E-state index in [1.54, 1.807) is 0 Å². The van der Waals surface area contributed by atoms with E-state index in [4.69, 9.17) is 0 Å². The summed E-state index contributed by atoms with van der Waals surface area (Å²) in [4.78, 5) is 13.1. The van der Waals surface area contributed by atoms with E-state index in [0.717, 1.165) is 33.6 Å². The molecule has 1 atom stereocenters. The molecule has 5 heteroatoms. The lowest BCUT2D eigenvalue weighted by atomic mass is 9.70. The van der Waals surface area contributed by atoms with E-state index in [9.17, 15) is 4.79 Å². The summed E-state index contributed by atoms with van der Waals surface area (Å²) in [7, 11) is 0. The number of thiophene rings is 1. The number of aryl methyl sites for hydroxylation is 1. The van der Waals surface area contributed by atoms with Crippen LogP contribution < -0.4 is 10.6 Å². The Hall–Kier alpha value is -0.390. The number of carbonyl (C=O) groups is 1. The van der Waals surface area contributed by atoms with Crippen LogP contribution in [0, 0.1) is 6.92 Å². The Labute approximate surface area is 126 Å². The average molecular weight is 343 g/mol. The molecule has 1 aliphatic heterocycles. The number of nitrogens with one attached hydrogen (secondary N) is 2. The maximum atomic E-state index is 12.3. The Kier molecular flexibility index (Phi) is 3.71. The molecule has 1 spiro atoms. The van der Waals surface area contributed by atoms with E-state index in [-0.39, 0.29) is 5.91 Å². The first-order chi connectivity index (χ1) is 9.08. The summed E-state index contributed by atoms with van der Waals surface area (Å²) in [6.45, 7) is 3.04. The molecule has 1 aromatic rings. The Morgan fingerprint density at radius 2 is 2.37 bits per heavy atom. The lowest BCUT2D eigenvalue weighted by Crippen LogP contribution is -2.59. The van der Waals surface area contributed by atoms with Crippen LogP contribution in [-0.2, 0) is 0 Å². The van der Waals surface area contributed by atoms with E-state index in [2.05, 4.69) is 26.6 Å². The second-order valence-electron chi connectivity index (χ2n) is 5.79. The number of piperidine rings is 1. The molecule has 3 nitrogen and oxygen atoms in total. The van der Waals surface area contributed by atoms with Crippen molar-refractivity contribution in [2.24, 2.45) is 0 Å². The molecule has 1 aromatic heterocycles. The molecule has 1 amide bonds. The van der Waals surface area contributed by atoms with Gasteiger partial charge < -0.3 is 10.6 Å². The van der Waals surface area contributed by atoms with Crippen molar-refractivity contribution in [1.82, 2.24) is 10.6 Å². The lowest BCUT2D eigenvalue weighted by molar-refractivity contribution is 0.0856. The largest absolute Gasteiger partial charge is 0.348 e. The zero-order valence-corrected chi connectivity index (χ0v) is 13.5. The summed E-state index contributed by atoms with van der Waals surface area (Å²) in [5.41, 5.74) is 1.47. The van der Waals surface area contributed by atoms with Crippen LogP contribution in [-0.4, -0.2) is 24.0 Å². The fraction of sp³-hybridized carbons (Fsp3) is 0.643. The van der Waals surface area contributed by atoms with E-state index in [1.165, 1.54) is 30.6 Å². The normalized spacial score (nSPS) is 25.1. The van der Waals surface area contributed by atoms with Crippen molar-refractivity contribution in [3.8, 4) is 0 Å². The number of rotatable bonds is 2. The van der Waals surface area contributed by atoms with Gasteiger partial charge >= 0.3 is 0 Å². The van der Waals surface area contributed by atoms with Gasteiger partial charge in [-0.05, 0) is 73.1 Å². The fourth-order valence-corrected chi connectivity index (χ4v) is 4.53. The molecule has 1 aliphatic carbocycles. The van der Waals surface area contributed by atoms with Crippen molar-refractivity contribution in [3.63, 3.8) is 0 Å². The highest BCUT2D eigenvalue weighted by Gasteiger charge is 2.41. The van der Waals surface area contributed by atoms with Crippen LogP contribution in [0.15, 0.2) is 9.85 Å². The number of amides is 1. The highest BCUT2D eigenvalue weighted by atomic mass is 79.9. The molecule has 2 N–H and O–H groups in total. The average Bonchev–Trinajstić information content (AvgIpc) is 2.68. The first-order valence-corrected chi connectivity index (χ1v) is 8.51. The highest BCUT2D eigenvalue weighted by molar-refractivity contribution is 9.11. The molecule has 1 saturated carbocycles. The zero-order chi connectivity index (χ0) is 13.5. The van der Waals surface area contributed by atoms with Gasteiger partial charge in [0.05, 0.1) is 8.66 Å². The van der Waals surface area contributed by atoms with Gasteiger partial charge in [-0.1, -0.05) is 0 Å². The van der Waals surface area contributed by atoms with Gasteiger partial charge in [0, 0.05) is 11.6 Å². The molecule has 2 fully saturated rings. The molecule has 3 rings (SSSR count). The molecule has 2 heterocycles. The summed E-state index contributed by atoms with van der Waals surface area (Å²) >= 11 is 5.00. The Morgan fingerprint density at radius 3 is 2.95 bits per heavy atom. The van der Waals surface area contributed by atoms with Crippen LogP contribution >= 0.6 is 27.3 Å². The molecule has 0 radical (unpaired) electrons. The molecule has 0 aromatic carbocycles. The van der Waals surface area contributed by atoms with Gasteiger partial charge in [-0.15, -0.1) is 11.3 Å². The van der Waals surface area contributed by atoms with Gasteiger partial charge in [-0.2, -0.15) is 0 Å². The maximum Gasteiger partial charge on any atom is 0.261 e. The molecule has 1 unspecified atom stereocenters. The molecule has 2 aliphatic rings. The van der Waals surface area contributed by atoms with Gasteiger partial charge in [-0.25, -0.2) is 0 Å². The Bertz CT molecular complexity index is 476. The Balaban J connectivity index is 1.63. The minimum Gasteiger partial charge on any atom is -0.348 e. The van der Waals surface area contributed by atoms with Gasteiger partial charge in [0.1, 0.15) is 0 Å². The van der Waals surface area contributed by atoms with Crippen molar-refractivity contribution in [2.45, 2.75) is 50.6 Å². The summed E-state index contributed by atoms with van der Waals surface area (Å²) in [5.74, 6) is 0.0835. The summed E-state index contributed by atoms with van der Waals surface area (Å²) in [6, 6.07) is 2.29.